The van der Waals surface area contributed by atoms with E-state index in [1.165, 1.54) is 12.3 Å². The van der Waals surface area contributed by atoms with Crippen molar-refractivity contribution in [2.75, 3.05) is 6.61 Å². The van der Waals surface area contributed by atoms with Gasteiger partial charge in [-0.1, -0.05) is 13.8 Å². The fraction of sp³-hybridized carbons (Fsp3) is 0.600. The number of aromatic amines is 1. The van der Waals surface area contributed by atoms with Crippen LogP contribution >= 0.6 is 0 Å². The Morgan fingerprint density at radius 2 is 2.36 bits per heavy atom. The SMILES string of the molecule is CC(C)CCCOc1cn[nH]c(=O)c1. The first-order chi connectivity index (χ1) is 6.68. The normalized spacial score (nSPS) is 10.5. The largest absolute Gasteiger partial charge is 0.492 e. The van der Waals surface area contributed by atoms with Crippen molar-refractivity contribution in [3.05, 3.63) is 22.6 Å². The Kier molecular flexibility index (Phi) is 4.16. The van der Waals surface area contributed by atoms with Crippen LogP contribution in [0.3, 0.4) is 0 Å². The molecule has 4 nitrogen and oxygen atoms in total. The van der Waals surface area contributed by atoms with Gasteiger partial charge in [-0.2, -0.15) is 5.10 Å². The Hall–Kier alpha value is -1.32. The molecule has 0 radical (unpaired) electrons. The molecule has 0 spiro atoms. The van der Waals surface area contributed by atoms with Gasteiger partial charge in [-0.15, -0.1) is 0 Å². The van der Waals surface area contributed by atoms with E-state index in [0.717, 1.165) is 12.8 Å². The molecule has 0 amide bonds. The quantitative estimate of drug-likeness (QED) is 0.727. The summed E-state index contributed by atoms with van der Waals surface area (Å²) in [6, 6.07) is 1.41. The zero-order valence-corrected chi connectivity index (χ0v) is 8.62. The molecule has 0 bridgehead atoms. The van der Waals surface area contributed by atoms with Crippen molar-refractivity contribution in [2.45, 2.75) is 26.7 Å². The van der Waals surface area contributed by atoms with Crippen molar-refractivity contribution < 1.29 is 4.74 Å². The number of hydrogen-bond acceptors (Lipinski definition) is 3. The van der Waals surface area contributed by atoms with E-state index < -0.39 is 0 Å². The molecule has 1 aromatic heterocycles. The van der Waals surface area contributed by atoms with Crippen molar-refractivity contribution >= 4 is 0 Å². The molecule has 0 aromatic carbocycles. The standard InChI is InChI=1S/C10H16N2O2/c1-8(2)4-3-5-14-9-6-10(13)12-11-7-9/h6-8H,3-5H2,1-2H3,(H,12,13). The lowest BCUT2D eigenvalue weighted by Crippen LogP contribution is -2.08. The molecular formula is C10H16N2O2. The Labute approximate surface area is 83.3 Å². The maximum Gasteiger partial charge on any atom is 0.267 e. The minimum absolute atomic E-state index is 0.230. The van der Waals surface area contributed by atoms with E-state index in [4.69, 9.17) is 4.74 Å². The van der Waals surface area contributed by atoms with Crippen molar-refractivity contribution in [3.63, 3.8) is 0 Å². The van der Waals surface area contributed by atoms with Gasteiger partial charge in [-0.3, -0.25) is 4.79 Å². The highest BCUT2D eigenvalue weighted by atomic mass is 16.5. The monoisotopic (exact) mass is 196 g/mol. The molecular weight excluding hydrogens is 180 g/mol. The van der Waals surface area contributed by atoms with Gasteiger partial charge in [-0.05, 0) is 18.8 Å². The molecule has 1 heterocycles. The van der Waals surface area contributed by atoms with Gasteiger partial charge in [0.05, 0.1) is 12.8 Å². The average Bonchev–Trinajstić information content (AvgIpc) is 2.12. The molecule has 4 heteroatoms. The molecule has 1 rings (SSSR count). The topological polar surface area (TPSA) is 55.0 Å². The van der Waals surface area contributed by atoms with Crippen LogP contribution in [-0.4, -0.2) is 16.8 Å². The molecule has 0 saturated heterocycles. The Balaban J connectivity index is 2.28. The third-order valence-electron chi connectivity index (χ3n) is 1.83. The predicted octanol–water partition coefficient (Wildman–Crippen LogP) is 1.58. The summed E-state index contributed by atoms with van der Waals surface area (Å²) in [6.07, 6.45) is 3.65. The number of nitrogens with zero attached hydrogens (tertiary/aromatic N) is 1. The first kappa shape index (κ1) is 10.8. The Morgan fingerprint density at radius 1 is 1.57 bits per heavy atom. The smallest absolute Gasteiger partial charge is 0.267 e. The van der Waals surface area contributed by atoms with E-state index in [1.54, 1.807) is 0 Å². The van der Waals surface area contributed by atoms with Crippen molar-refractivity contribution in [1.29, 1.82) is 0 Å². The summed E-state index contributed by atoms with van der Waals surface area (Å²) in [7, 11) is 0. The zero-order valence-electron chi connectivity index (χ0n) is 8.62. The van der Waals surface area contributed by atoms with Crippen molar-refractivity contribution in [1.82, 2.24) is 10.2 Å². The molecule has 1 N–H and O–H groups in total. The number of hydrogen-bond donors (Lipinski definition) is 1. The van der Waals surface area contributed by atoms with E-state index in [-0.39, 0.29) is 5.56 Å². The van der Waals surface area contributed by atoms with Gasteiger partial charge in [0.1, 0.15) is 5.75 Å². The molecule has 0 atom stereocenters. The van der Waals surface area contributed by atoms with Crippen LogP contribution in [0.15, 0.2) is 17.1 Å². The number of nitrogens with one attached hydrogen (secondary N) is 1. The molecule has 1 aromatic rings. The molecule has 0 aliphatic rings. The summed E-state index contributed by atoms with van der Waals surface area (Å²) in [4.78, 5) is 10.8. The highest BCUT2D eigenvalue weighted by molar-refractivity contribution is 5.12. The minimum Gasteiger partial charge on any atom is -0.492 e. The number of aromatic nitrogens is 2. The minimum atomic E-state index is -0.230. The van der Waals surface area contributed by atoms with Gasteiger partial charge in [0.2, 0.25) is 0 Å². The summed E-state index contributed by atoms with van der Waals surface area (Å²) in [5, 5.41) is 5.93. The first-order valence-electron chi connectivity index (χ1n) is 4.86. The Morgan fingerprint density at radius 3 is 3.00 bits per heavy atom. The van der Waals surface area contributed by atoms with Gasteiger partial charge in [0.25, 0.3) is 5.56 Å². The van der Waals surface area contributed by atoms with Gasteiger partial charge < -0.3 is 4.74 Å². The molecule has 0 unspecified atom stereocenters. The third kappa shape index (κ3) is 4.07. The highest BCUT2D eigenvalue weighted by Crippen LogP contribution is 2.06. The highest BCUT2D eigenvalue weighted by Gasteiger charge is 1.97. The second-order valence-electron chi connectivity index (χ2n) is 3.67. The van der Waals surface area contributed by atoms with E-state index in [9.17, 15) is 4.79 Å². The molecule has 14 heavy (non-hydrogen) atoms. The lowest BCUT2D eigenvalue weighted by Gasteiger charge is -2.06. The van der Waals surface area contributed by atoms with Crippen LogP contribution < -0.4 is 10.3 Å². The second kappa shape index (κ2) is 5.42. The van der Waals surface area contributed by atoms with E-state index in [1.807, 2.05) is 0 Å². The van der Waals surface area contributed by atoms with Crippen LogP contribution in [0.1, 0.15) is 26.7 Å². The van der Waals surface area contributed by atoms with E-state index in [0.29, 0.717) is 18.3 Å². The van der Waals surface area contributed by atoms with Crippen LogP contribution in [0, 0.1) is 5.92 Å². The number of rotatable bonds is 5. The summed E-state index contributed by atoms with van der Waals surface area (Å²) in [5.74, 6) is 1.23. The summed E-state index contributed by atoms with van der Waals surface area (Å²) < 4.78 is 5.35. The molecule has 0 saturated carbocycles. The molecule has 78 valence electrons. The predicted molar refractivity (Wildman–Crippen MR) is 54.4 cm³/mol. The van der Waals surface area contributed by atoms with E-state index >= 15 is 0 Å². The first-order valence-corrected chi connectivity index (χ1v) is 4.86. The van der Waals surface area contributed by atoms with Crippen LogP contribution in [0.2, 0.25) is 0 Å². The van der Waals surface area contributed by atoms with Gasteiger partial charge in [-0.25, -0.2) is 5.10 Å². The number of H-pyrrole nitrogens is 1. The lowest BCUT2D eigenvalue weighted by molar-refractivity contribution is 0.295. The summed E-state index contributed by atoms with van der Waals surface area (Å²) >= 11 is 0. The maximum absolute atomic E-state index is 10.8. The second-order valence-corrected chi connectivity index (χ2v) is 3.67. The maximum atomic E-state index is 10.8. The lowest BCUT2D eigenvalue weighted by atomic mass is 10.1. The fourth-order valence-corrected chi connectivity index (χ4v) is 1.12. The molecule has 0 aliphatic carbocycles. The van der Waals surface area contributed by atoms with Crippen LogP contribution in [-0.2, 0) is 0 Å². The van der Waals surface area contributed by atoms with Gasteiger partial charge >= 0.3 is 0 Å². The third-order valence-corrected chi connectivity index (χ3v) is 1.83. The van der Waals surface area contributed by atoms with Crippen molar-refractivity contribution in [2.24, 2.45) is 5.92 Å². The van der Waals surface area contributed by atoms with Crippen LogP contribution in [0.25, 0.3) is 0 Å². The fourth-order valence-electron chi connectivity index (χ4n) is 1.12. The summed E-state index contributed by atoms with van der Waals surface area (Å²) in [5.41, 5.74) is -0.230. The van der Waals surface area contributed by atoms with Crippen molar-refractivity contribution in [3.8, 4) is 5.75 Å². The van der Waals surface area contributed by atoms with Gasteiger partial charge in [0, 0.05) is 6.07 Å². The summed E-state index contributed by atoms with van der Waals surface area (Å²) in [6.45, 7) is 4.99. The van der Waals surface area contributed by atoms with Gasteiger partial charge in [0.15, 0.2) is 0 Å². The Bertz CT molecular complexity index is 320. The average molecular weight is 196 g/mol. The number of ether oxygens (including phenoxy) is 1. The van der Waals surface area contributed by atoms with E-state index in [2.05, 4.69) is 24.0 Å². The van der Waals surface area contributed by atoms with Crippen LogP contribution in [0.5, 0.6) is 5.75 Å². The molecule has 0 fully saturated rings. The van der Waals surface area contributed by atoms with Crippen LogP contribution in [0.4, 0.5) is 0 Å². The molecule has 0 aliphatic heterocycles. The zero-order chi connectivity index (χ0) is 10.4.